The first kappa shape index (κ1) is 22.1. The van der Waals surface area contributed by atoms with Gasteiger partial charge in [-0.05, 0) is 25.1 Å². The minimum Gasteiger partial charge on any atom is -0.406 e. The fourth-order valence-corrected chi connectivity index (χ4v) is 3.40. The standard InChI is InChI=1S/C20H26F3N5O2/c1-2-9-27(11-12-29)10-8-24-18-6-7-19-25-14-17(28(19)26-18)15-4-3-5-16(13-15)30-20(21,22)23/h3-5,13-14,29H,2,6-12H2,1H3,(H,24,26). The lowest BCUT2D eigenvalue weighted by Gasteiger charge is -2.22. The van der Waals surface area contributed by atoms with Gasteiger partial charge in [0.15, 0.2) is 0 Å². The normalized spacial score (nSPS) is 15.3. The Morgan fingerprint density at radius 2 is 2.10 bits per heavy atom. The molecule has 0 spiro atoms. The van der Waals surface area contributed by atoms with E-state index in [9.17, 15) is 13.2 Å². The lowest BCUT2D eigenvalue weighted by molar-refractivity contribution is -0.274. The number of hydrogen-bond donors (Lipinski definition) is 2. The monoisotopic (exact) mass is 425 g/mol. The van der Waals surface area contributed by atoms with E-state index in [1.165, 1.54) is 18.2 Å². The van der Waals surface area contributed by atoms with E-state index in [4.69, 9.17) is 5.11 Å². The maximum Gasteiger partial charge on any atom is 0.573 e. The summed E-state index contributed by atoms with van der Waals surface area (Å²) in [4.78, 5) is 11.2. The number of aryl methyl sites for hydroxylation is 1. The van der Waals surface area contributed by atoms with Crippen LogP contribution < -0.4 is 10.2 Å². The van der Waals surface area contributed by atoms with Crippen molar-refractivity contribution < 1.29 is 23.0 Å². The molecule has 0 fully saturated rings. The Morgan fingerprint density at radius 3 is 2.83 bits per heavy atom. The average molecular weight is 425 g/mol. The number of aliphatic hydroxyl groups excluding tert-OH is 1. The van der Waals surface area contributed by atoms with Crippen LogP contribution in [-0.2, 0) is 6.42 Å². The molecule has 10 heteroatoms. The molecule has 1 aromatic heterocycles. The Morgan fingerprint density at radius 1 is 1.27 bits per heavy atom. The average Bonchev–Trinajstić information content (AvgIpc) is 3.10. The molecule has 30 heavy (non-hydrogen) atoms. The quantitative estimate of drug-likeness (QED) is 0.646. The number of benzene rings is 1. The van der Waals surface area contributed by atoms with Crippen LogP contribution in [0.5, 0.6) is 5.75 Å². The molecular formula is C20H26F3N5O2. The van der Waals surface area contributed by atoms with E-state index in [0.717, 1.165) is 31.2 Å². The van der Waals surface area contributed by atoms with E-state index in [2.05, 4.69) is 32.0 Å². The molecule has 1 aromatic carbocycles. The SMILES string of the molecule is CCCN(CCO)CCN=C1CCc2ncc(-c3cccc(OC(F)(F)F)c3)n2N1. The van der Waals surface area contributed by atoms with Crippen LogP contribution in [0, 0.1) is 0 Å². The van der Waals surface area contributed by atoms with Crippen molar-refractivity contribution in [1.82, 2.24) is 14.6 Å². The van der Waals surface area contributed by atoms with Gasteiger partial charge in [-0.25, -0.2) is 9.66 Å². The first-order valence-electron chi connectivity index (χ1n) is 9.96. The molecule has 0 radical (unpaired) electrons. The molecule has 0 saturated carbocycles. The number of nitrogens with one attached hydrogen (secondary N) is 1. The number of rotatable bonds is 9. The predicted molar refractivity (Wildman–Crippen MR) is 108 cm³/mol. The summed E-state index contributed by atoms with van der Waals surface area (Å²) < 4.78 is 43.4. The summed E-state index contributed by atoms with van der Waals surface area (Å²) in [6, 6.07) is 5.82. The van der Waals surface area contributed by atoms with Gasteiger partial charge in [-0.15, -0.1) is 13.2 Å². The second-order valence-electron chi connectivity index (χ2n) is 6.98. The number of aliphatic hydroxyl groups is 1. The number of ether oxygens (including phenoxy) is 1. The number of fused-ring (bicyclic) bond motifs is 1. The van der Waals surface area contributed by atoms with Crippen molar-refractivity contribution in [3.63, 3.8) is 0 Å². The van der Waals surface area contributed by atoms with E-state index < -0.39 is 6.36 Å². The summed E-state index contributed by atoms with van der Waals surface area (Å²) in [6.45, 7) is 5.09. The molecule has 0 atom stereocenters. The molecule has 2 aromatic rings. The zero-order valence-corrected chi connectivity index (χ0v) is 16.8. The Kier molecular flexibility index (Phi) is 7.33. The van der Waals surface area contributed by atoms with Gasteiger partial charge in [0, 0.05) is 31.5 Å². The summed E-state index contributed by atoms with van der Waals surface area (Å²) >= 11 is 0. The molecule has 0 saturated heterocycles. The molecule has 2 N–H and O–H groups in total. The van der Waals surface area contributed by atoms with Gasteiger partial charge in [-0.2, -0.15) is 0 Å². The second kappa shape index (κ2) is 9.94. The van der Waals surface area contributed by atoms with Crippen molar-refractivity contribution >= 4 is 5.84 Å². The zero-order chi connectivity index (χ0) is 21.6. The summed E-state index contributed by atoms with van der Waals surface area (Å²) in [6.07, 6.45) is -0.716. The van der Waals surface area contributed by atoms with Crippen molar-refractivity contribution in [2.45, 2.75) is 32.5 Å². The van der Waals surface area contributed by atoms with Crippen LogP contribution in [-0.4, -0.2) is 64.7 Å². The highest BCUT2D eigenvalue weighted by Crippen LogP contribution is 2.29. The van der Waals surface area contributed by atoms with Crippen molar-refractivity contribution in [3.8, 4) is 17.0 Å². The van der Waals surface area contributed by atoms with Gasteiger partial charge < -0.3 is 9.84 Å². The number of nitrogens with zero attached hydrogens (tertiary/aromatic N) is 4. The number of halogens is 3. The van der Waals surface area contributed by atoms with Gasteiger partial charge in [0.2, 0.25) is 0 Å². The van der Waals surface area contributed by atoms with Crippen molar-refractivity contribution in [3.05, 3.63) is 36.3 Å². The third kappa shape index (κ3) is 5.96. The molecule has 7 nitrogen and oxygen atoms in total. The molecule has 164 valence electrons. The number of hydrogen-bond acceptors (Lipinski definition) is 5. The van der Waals surface area contributed by atoms with Gasteiger partial charge in [0.1, 0.15) is 17.4 Å². The van der Waals surface area contributed by atoms with E-state index in [1.807, 2.05) is 0 Å². The Bertz CT molecular complexity index is 860. The predicted octanol–water partition coefficient (Wildman–Crippen LogP) is 3.04. The van der Waals surface area contributed by atoms with E-state index in [0.29, 0.717) is 37.2 Å². The highest BCUT2D eigenvalue weighted by molar-refractivity contribution is 5.91. The molecule has 0 unspecified atom stereocenters. The molecule has 2 heterocycles. The van der Waals surface area contributed by atoms with Gasteiger partial charge >= 0.3 is 6.36 Å². The smallest absolute Gasteiger partial charge is 0.406 e. The molecule has 3 rings (SSSR count). The van der Waals surface area contributed by atoms with Gasteiger partial charge in [0.05, 0.1) is 25.0 Å². The molecular weight excluding hydrogens is 399 g/mol. The minimum atomic E-state index is -4.74. The summed E-state index contributed by atoms with van der Waals surface area (Å²) in [5.41, 5.74) is 4.42. The lowest BCUT2D eigenvalue weighted by atomic mass is 10.1. The van der Waals surface area contributed by atoms with E-state index in [1.54, 1.807) is 16.9 Å². The third-order valence-electron chi connectivity index (χ3n) is 4.70. The second-order valence-corrected chi connectivity index (χ2v) is 6.98. The number of aromatic nitrogens is 2. The van der Waals surface area contributed by atoms with Crippen LogP contribution in [0.25, 0.3) is 11.3 Å². The molecule has 1 aliphatic rings. The van der Waals surface area contributed by atoms with Gasteiger partial charge in [-0.3, -0.25) is 15.3 Å². The zero-order valence-electron chi connectivity index (χ0n) is 16.8. The molecule has 0 aliphatic carbocycles. The lowest BCUT2D eigenvalue weighted by Crippen LogP contribution is -2.33. The van der Waals surface area contributed by atoms with Crippen LogP contribution in [0.15, 0.2) is 35.5 Å². The Balaban J connectivity index is 1.71. The van der Waals surface area contributed by atoms with Crippen LogP contribution in [0.1, 0.15) is 25.6 Å². The van der Waals surface area contributed by atoms with Gasteiger partial charge in [-0.1, -0.05) is 19.1 Å². The largest absolute Gasteiger partial charge is 0.573 e. The first-order chi connectivity index (χ1) is 14.4. The Hall–Kier alpha value is -2.59. The highest BCUT2D eigenvalue weighted by Gasteiger charge is 2.31. The molecule has 1 aliphatic heterocycles. The van der Waals surface area contributed by atoms with Crippen molar-refractivity contribution in [2.75, 3.05) is 38.2 Å². The third-order valence-corrected chi connectivity index (χ3v) is 4.70. The van der Waals surface area contributed by atoms with Crippen molar-refractivity contribution in [2.24, 2.45) is 4.99 Å². The van der Waals surface area contributed by atoms with Crippen LogP contribution in [0.4, 0.5) is 13.2 Å². The fraction of sp³-hybridized carbons (Fsp3) is 0.500. The summed E-state index contributed by atoms with van der Waals surface area (Å²) in [5.74, 6) is 1.31. The molecule has 0 amide bonds. The van der Waals surface area contributed by atoms with Crippen LogP contribution in [0.2, 0.25) is 0 Å². The number of amidine groups is 1. The number of aliphatic imine (C=N–C) groups is 1. The topological polar surface area (TPSA) is 74.9 Å². The summed E-state index contributed by atoms with van der Waals surface area (Å²) in [7, 11) is 0. The first-order valence-corrected chi connectivity index (χ1v) is 9.96. The summed E-state index contributed by atoms with van der Waals surface area (Å²) in [5, 5.41) is 9.15. The highest BCUT2D eigenvalue weighted by atomic mass is 19.4. The molecule has 0 bridgehead atoms. The van der Waals surface area contributed by atoms with Crippen molar-refractivity contribution in [1.29, 1.82) is 0 Å². The van der Waals surface area contributed by atoms with Crippen LogP contribution >= 0.6 is 0 Å². The van der Waals surface area contributed by atoms with E-state index in [-0.39, 0.29) is 12.4 Å². The Labute approximate surface area is 173 Å². The van der Waals surface area contributed by atoms with Gasteiger partial charge in [0.25, 0.3) is 0 Å². The fourth-order valence-electron chi connectivity index (χ4n) is 3.40. The maximum absolute atomic E-state index is 12.5. The minimum absolute atomic E-state index is 0.119. The number of alkyl halides is 3. The van der Waals surface area contributed by atoms with E-state index >= 15 is 0 Å². The maximum atomic E-state index is 12.5. The number of imidazole rings is 1. The van der Waals surface area contributed by atoms with Crippen LogP contribution in [0.3, 0.4) is 0 Å².